The molecule has 0 aliphatic carbocycles. The average Bonchev–Trinajstić information content (AvgIpc) is 2.28. The van der Waals surface area contributed by atoms with Gasteiger partial charge in [0.2, 0.25) is 0 Å². The van der Waals surface area contributed by atoms with Gasteiger partial charge in [0.1, 0.15) is 0 Å². The zero-order chi connectivity index (χ0) is 13.1. The second-order valence-electron chi connectivity index (χ2n) is 4.39. The molecule has 1 nitrogen and oxygen atoms in total. The summed E-state index contributed by atoms with van der Waals surface area (Å²) in [7, 11) is 0. The first-order valence-corrected chi connectivity index (χ1v) is 5.21. The molecule has 0 radical (unpaired) electrons. The van der Waals surface area contributed by atoms with Gasteiger partial charge in [-0.2, -0.15) is 13.2 Å². The highest BCUT2D eigenvalue weighted by Gasteiger charge is 2.31. The van der Waals surface area contributed by atoms with Crippen molar-refractivity contribution in [2.24, 2.45) is 5.41 Å². The average molecular weight is 244 g/mol. The number of hydrogen-bond donors (Lipinski definition) is 1. The van der Waals surface area contributed by atoms with Crippen molar-refractivity contribution in [3.8, 4) is 0 Å². The first-order chi connectivity index (χ1) is 7.80. The van der Waals surface area contributed by atoms with Crippen molar-refractivity contribution in [2.45, 2.75) is 19.5 Å². The van der Waals surface area contributed by atoms with E-state index in [-0.39, 0.29) is 6.61 Å². The SMILES string of the molecule is C=CC(C)(CO)Cc1cccc(C(F)(F)F)c1. The van der Waals surface area contributed by atoms with Gasteiger partial charge in [-0.3, -0.25) is 0 Å². The summed E-state index contributed by atoms with van der Waals surface area (Å²) in [6, 6.07) is 5.14. The summed E-state index contributed by atoms with van der Waals surface area (Å²) in [5.74, 6) is 0. The van der Waals surface area contributed by atoms with Crippen LogP contribution in [0.25, 0.3) is 0 Å². The molecule has 0 saturated carbocycles. The number of halogens is 3. The Morgan fingerprint density at radius 3 is 2.47 bits per heavy atom. The number of hydrogen-bond acceptors (Lipinski definition) is 1. The van der Waals surface area contributed by atoms with E-state index in [0.717, 1.165) is 12.1 Å². The Balaban J connectivity index is 2.97. The summed E-state index contributed by atoms with van der Waals surface area (Å²) >= 11 is 0. The molecule has 0 heterocycles. The number of alkyl halides is 3. The molecule has 1 aromatic rings. The van der Waals surface area contributed by atoms with E-state index in [1.165, 1.54) is 6.07 Å². The maximum Gasteiger partial charge on any atom is 0.416 e. The van der Waals surface area contributed by atoms with Crippen LogP contribution in [-0.4, -0.2) is 11.7 Å². The molecule has 1 rings (SSSR count). The van der Waals surface area contributed by atoms with Crippen LogP contribution in [-0.2, 0) is 12.6 Å². The maximum absolute atomic E-state index is 12.5. The monoisotopic (exact) mass is 244 g/mol. The summed E-state index contributed by atoms with van der Waals surface area (Å²) in [5, 5.41) is 9.18. The predicted octanol–water partition coefficient (Wildman–Crippen LogP) is 3.43. The lowest BCUT2D eigenvalue weighted by atomic mass is 9.84. The predicted molar refractivity (Wildman–Crippen MR) is 60.5 cm³/mol. The van der Waals surface area contributed by atoms with E-state index < -0.39 is 17.2 Å². The highest BCUT2D eigenvalue weighted by atomic mass is 19.4. The molecule has 17 heavy (non-hydrogen) atoms. The lowest BCUT2D eigenvalue weighted by molar-refractivity contribution is -0.137. The summed E-state index contributed by atoms with van der Waals surface area (Å²) in [5.41, 5.74) is -0.722. The first kappa shape index (κ1) is 13.8. The third-order valence-electron chi connectivity index (χ3n) is 2.72. The van der Waals surface area contributed by atoms with E-state index >= 15 is 0 Å². The van der Waals surface area contributed by atoms with E-state index in [1.807, 2.05) is 0 Å². The van der Waals surface area contributed by atoms with Gasteiger partial charge in [-0.15, -0.1) is 6.58 Å². The molecule has 0 spiro atoms. The number of aliphatic hydroxyl groups is 1. The van der Waals surface area contributed by atoms with Crippen molar-refractivity contribution in [3.63, 3.8) is 0 Å². The molecule has 1 atom stereocenters. The van der Waals surface area contributed by atoms with Gasteiger partial charge in [0, 0.05) is 5.41 Å². The van der Waals surface area contributed by atoms with Crippen LogP contribution in [0.5, 0.6) is 0 Å². The molecule has 0 aliphatic rings. The van der Waals surface area contributed by atoms with E-state index in [1.54, 1.807) is 19.1 Å². The quantitative estimate of drug-likeness (QED) is 0.804. The van der Waals surface area contributed by atoms with Crippen molar-refractivity contribution in [1.82, 2.24) is 0 Å². The number of benzene rings is 1. The van der Waals surface area contributed by atoms with Gasteiger partial charge in [0.25, 0.3) is 0 Å². The first-order valence-electron chi connectivity index (χ1n) is 5.21. The van der Waals surface area contributed by atoms with Gasteiger partial charge in [-0.25, -0.2) is 0 Å². The van der Waals surface area contributed by atoms with Crippen LogP contribution in [0.15, 0.2) is 36.9 Å². The van der Waals surface area contributed by atoms with Gasteiger partial charge in [-0.1, -0.05) is 31.2 Å². The highest BCUT2D eigenvalue weighted by molar-refractivity contribution is 5.27. The normalized spacial score (nSPS) is 15.4. The van der Waals surface area contributed by atoms with E-state index in [0.29, 0.717) is 12.0 Å². The molecule has 4 heteroatoms. The van der Waals surface area contributed by atoms with Gasteiger partial charge in [0.05, 0.1) is 12.2 Å². The molecule has 1 N–H and O–H groups in total. The topological polar surface area (TPSA) is 20.2 Å². The number of rotatable bonds is 4. The molecular weight excluding hydrogens is 229 g/mol. The Morgan fingerprint density at radius 1 is 1.35 bits per heavy atom. The molecule has 0 aliphatic heterocycles. The summed E-state index contributed by atoms with van der Waals surface area (Å²) < 4.78 is 37.5. The van der Waals surface area contributed by atoms with Crippen LogP contribution in [0.4, 0.5) is 13.2 Å². The second-order valence-corrected chi connectivity index (χ2v) is 4.39. The van der Waals surface area contributed by atoms with Crippen molar-refractivity contribution >= 4 is 0 Å². The van der Waals surface area contributed by atoms with Crippen molar-refractivity contribution in [1.29, 1.82) is 0 Å². The zero-order valence-electron chi connectivity index (χ0n) is 9.59. The van der Waals surface area contributed by atoms with Crippen LogP contribution in [0.1, 0.15) is 18.1 Å². The van der Waals surface area contributed by atoms with Crippen LogP contribution >= 0.6 is 0 Å². The fourth-order valence-corrected chi connectivity index (χ4v) is 1.52. The Bertz CT molecular complexity index is 398. The van der Waals surface area contributed by atoms with E-state index in [2.05, 4.69) is 6.58 Å². The molecular formula is C13H15F3O. The third-order valence-corrected chi connectivity index (χ3v) is 2.72. The number of aliphatic hydroxyl groups excluding tert-OH is 1. The van der Waals surface area contributed by atoms with Crippen molar-refractivity contribution in [3.05, 3.63) is 48.0 Å². The largest absolute Gasteiger partial charge is 0.416 e. The Kier molecular flexibility index (Phi) is 3.98. The minimum atomic E-state index is -4.33. The molecule has 0 bridgehead atoms. The molecule has 1 unspecified atom stereocenters. The lowest BCUT2D eigenvalue weighted by Gasteiger charge is -2.23. The third kappa shape index (κ3) is 3.60. The molecule has 0 fully saturated rings. The smallest absolute Gasteiger partial charge is 0.395 e. The zero-order valence-corrected chi connectivity index (χ0v) is 9.59. The minimum absolute atomic E-state index is 0.146. The van der Waals surface area contributed by atoms with Gasteiger partial charge < -0.3 is 5.11 Å². The maximum atomic E-state index is 12.5. The summed E-state index contributed by atoms with van der Waals surface area (Å²) in [6.45, 7) is 5.19. The minimum Gasteiger partial charge on any atom is -0.395 e. The van der Waals surface area contributed by atoms with Crippen molar-refractivity contribution < 1.29 is 18.3 Å². The molecule has 1 aromatic carbocycles. The Labute approximate surface area is 98.6 Å². The standard InChI is InChI=1S/C13H15F3O/c1-3-12(2,9-17)8-10-5-4-6-11(7-10)13(14,15)16/h3-7,17H,1,8-9H2,2H3. The van der Waals surface area contributed by atoms with Gasteiger partial charge >= 0.3 is 6.18 Å². The fraction of sp³-hybridized carbons (Fsp3) is 0.385. The summed E-state index contributed by atoms with van der Waals surface area (Å²) in [4.78, 5) is 0. The van der Waals surface area contributed by atoms with Crippen LogP contribution in [0.2, 0.25) is 0 Å². The lowest BCUT2D eigenvalue weighted by Crippen LogP contribution is -2.21. The van der Waals surface area contributed by atoms with Gasteiger partial charge in [-0.05, 0) is 18.1 Å². The van der Waals surface area contributed by atoms with Crippen LogP contribution in [0, 0.1) is 5.41 Å². The molecule has 0 amide bonds. The van der Waals surface area contributed by atoms with Gasteiger partial charge in [0.15, 0.2) is 0 Å². The molecule has 0 aromatic heterocycles. The fourth-order valence-electron chi connectivity index (χ4n) is 1.52. The highest BCUT2D eigenvalue weighted by Crippen LogP contribution is 2.31. The van der Waals surface area contributed by atoms with Crippen LogP contribution < -0.4 is 0 Å². The molecule has 0 saturated heterocycles. The second kappa shape index (κ2) is 4.92. The van der Waals surface area contributed by atoms with E-state index in [4.69, 9.17) is 0 Å². The van der Waals surface area contributed by atoms with Crippen molar-refractivity contribution in [2.75, 3.05) is 6.61 Å². The van der Waals surface area contributed by atoms with E-state index in [9.17, 15) is 18.3 Å². The summed E-state index contributed by atoms with van der Waals surface area (Å²) in [6.07, 6.45) is -2.44. The van der Waals surface area contributed by atoms with Crippen LogP contribution in [0.3, 0.4) is 0 Å². The molecule has 94 valence electrons. The Hall–Kier alpha value is -1.29. The Morgan fingerprint density at radius 2 is 2.00 bits per heavy atom.